The molecule has 4 N–H and O–H groups in total. The Morgan fingerprint density at radius 2 is 2.00 bits per heavy atom. The van der Waals surface area contributed by atoms with E-state index in [4.69, 9.17) is 10.8 Å². The minimum absolute atomic E-state index is 0.246. The molecular weight excluding hydrogens is 268 g/mol. The third kappa shape index (κ3) is 4.29. The summed E-state index contributed by atoms with van der Waals surface area (Å²) in [6.07, 6.45) is 3.47. The molecule has 1 saturated carbocycles. The smallest absolute Gasteiger partial charge is 0.308 e. The fourth-order valence-corrected chi connectivity index (χ4v) is 2.82. The molecule has 0 aliphatic heterocycles. The summed E-state index contributed by atoms with van der Waals surface area (Å²) < 4.78 is 0. The van der Waals surface area contributed by atoms with Crippen LogP contribution < -0.4 is 11.1 Å². The lowest BCUT2D eigenvalue weighted by Crippen LogP contribution is -2.48. The van der Waals surface area contributed by atoms with Gasteiger partial charge in [-0.1, -0.05) is 36.8 Å². The summed E-state index contributed by atoms with van der Waals surface area (Å²) in [5.41, 5.74) is 7.05. The highest BCUT2D eigenvalue weighted by molar-refractivity contribution is 5.82. The lowest BCUT2D eigenvalue weighted by molar-refractivity contribution is -0.142. The van der Waals surface area contributed by atoms with E-state index in [-0.39, 0.29) is 11.9 Å². The van der Waals surface area contributed by atoms with Gasteiger partial charge in [0.1, 0.15) is 0 Å². The zero-order valence-corrected chi connectivity index (χ0v) is 12.0. The second kappa shape index (κ2) is 7.22. The number of carboxylic acid groups (broad SMARTS) is 1. The molecular formula is C16H22N2O3. The maximum atomic E-state index is 12.1. The number of aryl methyl sites for hydroxylation is 1. The Morgan fingerprint density at radius 3 is 2.67 bits per heavy atom. The standard InChI is InChI=1S/C16H22N2O3/c17-13(10-9-11-5-2-1-3-6-11)15(19)18-14-8-4-7-12(14)16(20)21/h1-3,5-6,12-14H,4,7-10,17H2,(H,18,19)(H,20,21). The molecule has 1 amide bonds. The third-order valence-electron chi connectivity index (χ3n) is 4.08. The van der Waals surface area contributed by atoms with Gasteiger partial charge in [0.25, 0.3) is 0 Å². The van der Waals surface area contributed by atoms with E-state index >= 15 is 0 Å². The summed E-state index contributed by atoms with van der Waals surface area (Å²) in [7, 11) is 0. The Kier molecular flexibility index (Phi) is 5.33. The highest BCUT2D eigenvalue weighted by Gasteiger charge is 2.34. The molecule has 3 unspecified atom stereocenters. The summed E-state index contributed by atoms with van der Waals surface area (Å²) in [5.74, 6) is -1.56. The number of carbonyl (C=O) groups excluding carboxylic acids is 1. The van der Waals surface area contributed by atoms with E-state index in [0.29, 0.717) is 19.3 Å². The zero-order chi connectivity index (χ0) is 15.2. The van der Waals surface area contributed by atoms with Gasteiger partial charge in [-0.05, 0) is 31.2 Å². The van der Waals surface area contributed by atoms with Crippen molar-refractivity contribution >= 4 is 11.9 Å². The lowest BCUT2D eigenvalue weighted by atomic mass is 10.0. The van der Waals surface area contributed by atoms with E-state index in [1.807, 2.05) is 30.3 Å². The molecule has 1 aliphatic rings. The minimum Gasteiger partial charge on any atom is -0.481 e. The Morgan fingerprint density at radius 1 is 1.29 bits per heavy atom. The minimum atomic E-state index is -0.837. The monoisotopic (exact) mass is 290 g/mol. The van der Waals surface area contributed by atoms with E-state index < -0.39 is 17.9 Å². The van der Waals surface area contributed by atoms with Gasteiger partial charge in [-0.2, -0.15) is 0 Å². The van der Waals surface area contributed by atoms with Crippen LogP contribution in [-0.4, -0.2) is 29.1 Å². The molecule has 5 heteroatoms. The molecule has 1 aromatic rings. The number of nitrogens with one attached hydrogen (secondary N) is 1. The van der Waals surface area contributed by atoms with E-state index in [1.54, 1.807) is 0 Å². The maximum absolute atomic E-state index is 12.1. The molecule has 5 nitrogen and oxygen atoms in total. The second-order valence-electron chi connectivity index (χ2n) is 5.62. The highest BCUT2D eigenvalue weighted by Crippen LogP contribution is 2.25. The van der Waals surface area contributed by atoms with Gasteiger partial charge in [-0.3, -0.25) is 9.59 Å². The number of carbonyl (C=O) groups is 2. The summed E-state index contributed by atoms with van der Waals surface area (Å²) >= 11 is 0. The van der Waals surface area contributed by atoms with Crippen molar-refractivity contribution in [2.45, 2.75) is 44.2 Å². The normalized spacial score (nSPS) is 22.7. The number of rotatable bonds is 6. The van der Waals surface area contributed by atoms with E-state index in [0.717, 1.165) is 18.4 Å². The van der Waals surface area contributed by atoms with E-state index in [2.05, 4.69) is 5.32 Å². The molecule has 0 heterocycles. The van der Waals surface area contributed by atoms with Gasteiger partial charge >= 0.3 is 5.97 Å². The van der Waals surface area contributed by atoms with Crippen LogP contribution in [0.2, 0.25) is 0 Å². The average molecular weight is 290 g/mol. The maximum Gasteiger partial charge on any atom is 0.308 e. The Labute approximate surface area is 124 Å². The molecule has 0 radical (unpaired) electrons. The Bertz CT molecular complexity index is 490. The Balaban J connectivity index is 1.81. The van der Waals surface area contributed by atoms with Crippen LogP contribution in [-0.2, 0) is 16.0 Å². The first-order valence-corrected chi connectivity index (χ1v) is 7.40. The predicted molar refractivity (Wildman–Crippen MR) is 79.6 cm³/mol. The van der Waals surface area contributed by atoms with Crippen LogP contribution in [0.5, 0.6) is 0 Å². The fraction of sp³-hybridized carbons (Fsp3) is 0.500. The van der Waals surface area contributed by atoms with Crippen molar-refractivity contribution < 1.29 is 14.7 Å². The van der Waals surface area contributed by atoms with Gasteiger partial charge in [0.2, 0.25) is 5.91 Å². The van der Waals surface area contributed by atoms with Gasteiger partial charge in [-0.25, -0.2) is 0 Å². The largest absolute Gasteiger partial charge is 0.481 e. The molecule has 0 spiro atoms. The van der Waals surface area contributed by atoms with Crippen molar-refractivity contribution in [1.82, 2.24) is 5.32 Å². The Hall–Kier alpha value is -1.88. The summed E-state index contributed by atoms with van der Waals surface area (Å²) in [5, 5.41) is 11.9. The molecule has 2 rings (SSSR count). The van der Waals surface area contributed by atoms with Gasteiger partial charge in [0.05, 0.1) is 12.0 Å². The first-order valence-electron chi connectivity index (χ1n) is 7.40. The zero-order valence-electron chi connectivity index (χ0n) is 12.0. The van der Waals surface area contributed by atoms with Crippen molar-refractivity contribution in [3.8, 4) is 0 Å². The number of amides is 1. The molecule has 0 aromatic heterocycles. The van der Waals surface area contributed by atoms with Crippen molar-refractivity contribution in [3.05, 3.63) is 35.9 Å². The van der Waals surface area contributed by atoms with Crippen LogP contribution in [0, 0.1) is 5.92 Å². The second-order valence-corrected chi connectivity index (χ2v) is 5.62. The number of carboxylic acids is 1. The third-order valence-corrected chi connectivity index (χ3v) is 4.08. The van der Waals surface area contributed by atoms with Gasteiger partial charge in [0.15, 0.2) is 0 Å². The summed E-state index contributed by atoms with van der Waals surface area (Å²) in [6, 6.07) is 8.98. The van der Waals surface area contributed by atoms with E-state index in [1.165, 1.54) is 0 Å². The van der Waals surface area contributed by atoms with Crippen LogP contribution >= 0.6 is 0 Å². The van der Waals surface area contributed by atoms with Crippen LogP contribution in [0.25, 0.3) is 0 Å². The van der Waals surface area contributed by atoms with Crippen LogP contribution in [0.15, 0.2) is 30.3 Å². The molecule has 21 heavy (non-hydrogen) atoms. The predicted octanol–water partition coefficient (Wildman–Crippen LogP) is 1.32. The molecule has 3 atom stereocenters. The molecule has 114 valence electrons. The first kappa shape index (κ1) is 15.5. The molecule has 1 fully saturated rings. The summed E-state index contributed by atoms with van der Waals surface area (Å²) in [4.78, 5) is 23.2. The molecule has 1 aliphatic carbocycles. The van der Waals surface area contributed by atoms with Crippen molar-refractivity contribution in [2.24, 2.45) is 11.7 Å². The number of aliphatic carboxylic acids is 1. The van der Waals surface area contributed by atoms with Gasteiger partial charge in [-0.15, -0.1) is 0 Å². The average Bonchev–Trinajstić information content (AvgIpc) is 2.94. The number of nitrogens with two attached hydrogens (primary N) is 1. The summed E-state index contributed by atoms with van der Waals surface area (Å²) in [6.45, 7) is 0. The number of hydrogen-bond acceptors (Lipinski definition) is 3. The topological polar surface area (TPSA) is 92.4 Å². The number of hydrogen-bond donors (Lipinski definition) is 3. The van der Waals surface area contributed by atoms with Crippen molar-refractivity contribution in [2.75, 3.05) is 0 Å². The quantitative estimate of drug-likeness (QED) is 0.736. The number of benzene rings is 1. The van der Waals surface area contributed by atoms with Crippen molar-refractivity contribution in [1.29, 1.82) is 0 Å². The molecule has 1 aromatic carbocycles. The fourth-order valence-electron chi connectivity index (χ4n) is 2.82. The molecule has 0 bridgehead atoms. The molecule has 0 saturated heterocycles. The van der Waals surface area contributed by atoms with Crippen LogP contribution in [0.4, 0.5) is 0 Å². The van der Waals surface area contributed by atoms with Crippen LogP contribution in [0.1, 0.15) is 31.2 Å². The first-order chi connectivity index (χ1) is 10.1. The van der Waals surface area contributed by atoms with Crippen LogP contribution in [0.3, 0.4) is 0 Å². The lowest BCUT2D eigenvalue weighted by Gasteiger charge is -2.20. The van der Waals surface area contributed by atoms with E-state index in [9.17, 15) is 9.59 Å². The highest BCUT2D eigenvalue weighted by atomic mass is 16.4. The van der Waals surface area contributed by atoms with Crippen molar-refractivity contribution in [3.63, 3.8) is 0 Å². The SMILES string of the molecule is NC(CCc1ccccc1)C(=O)NC1CCCC1C(=O)O. The van der Waals surface area contributed by atoms with Gasteiger partial charge in [0, 0.05) is 6.04 Å². The van der Waals surface area contributed by atoms with Gasteiger partial charge < -0.3 is 16.2 Å².